The van der Waals surface area contributed by atoms with E-state index in [1.54, 1.807) is 36.7 Å². The summed E-state index contributed by atoms with van der Waals surface area (Å²) < 4.78 is 32.6. The Balaban J connectivity index is 1.46. The molecule has 1 aliphatic rings. The molecule has 1 fully saturated rings. The largest absolute Gasteiger partial charge is 0.497 e. The highest BCUT2D eigenvalue weighted by molar-refractivity contribution is 7.89. The van der Waals surface area contributed by atoms with E-state index in [4.69, 9.17) is 4.74 Å². The summed E-state index contributed by atoms with van der Waals surface area (Å²) in [4.78, 5) is 16.5. The number of carbonyl (C=O) groups is 1. The first-order valence-electron chi connectivity index (χ1n) is 9.32. The number of nitrogens with one attached hydrogen (secondary N) is 2. The molecule has 1 amide bonds. The van der Waals surface area contributed by atoms with Crippen molar-refractivity contribution in [2.24, 2.45) is 11.8 Å². The van der Waals surface area contributed by atoms with Crippen molar-refractivity contribution < 1.29 is 17.9 Å². The minimum Gasteiger partial charge on any atom is -0.497 e. The predicted octanol–water partition coefficient (Wildman–Crippen LogP) is 2.81. The molecule has 0 bridgehead atoms. The molecule has 2 aromatic rings. The summed E-state index contributed by atoms with van der Waals surface area (Å²) in [6.45, 7) is 0.382. The average Bonchev–Trinajstić information content (AvgIpc) is 2.73. The molecular formula is C20H25N3O4S. The summed E-state index contributed by atoms with van der Waals surface area (Å²) in [6.07, 6.45) is 6.43. The van der Waals surface area contributed by atoms with Crippen LogP contribution in [0.2, 0.25) is 0 Å². The number of methoxy groups -OCH3 is 1. The smallest absolute Gasteiger partial charge is 0.240 e. The number of hydrogen-bond acceptors (Lipinski definition) is 5. The van der Waals surface area contributed by atoms with E-state index in [2.05, 4.69) is 15.0 Å². The molecule has 3 rings (SSSR count). The maximum absolute atomic E-state index is 12.4. The highest BCUT2D eigenvalue weighted by Gasteiger charge is 2.27. The van der Waals surface area contributed by atoms with Gasteiger partial charge in [-0.25, -0.2) is 13.1 Å². The van der Waals surface area contributed by atoms with E-state index in [0.717, 1.165) is 31.4 Å². The van der Waals surface area contributed by atoms with Gasteiger partial charge < -0.3 is 10.1 Å². The van der Waals surface area contributed by atoms with Gasteiger partial charge in [0.2, 0.25) is 15.9 Å². The summed E-state index contributed by atoms with van der Waals surface area (Å²) >= 11 is 0. The van der Waals surface area contributed by atoms with Gasteiger partial charge in [0.25, 0.3) is 0 Å². The summed E-state index contributed by atoms with van der Waals surface area (Å²) in [5.41, 5.74) is 0.745. The van der Waals surface area contributed by atoms with Gasteiger partial charge in [-0.1, -0.05) is 0 Å². The van der Waals surface area contributed by atoms with E-state index in [1.807, 2.05) is 0 Å². The maximum Gasteiger partial charge on any atom is 0.240 e. The standard InChI is InChI=1S/C20H25N3O4S/c1-27-18-6-8-19(9-7-18)28(25,26)22-14-15-2-4-16(5-3-15)20(24)23-17-10-12-21-13-11-17/h6-13,15-16,22H,2-5,14H2,1H3,(H,21,23,24). The summed E-state index contributed by atoms with van der Waals surface area (Å²) in [5, 5.41) is 2.91. The molecule has 1 saturated carbocycles. The Morgan fingerprint density at radius 2 is 1.71 bits per heavy atom. The molecule has 7 nitrogen and oxygen atoms in total. The zero-order chi connectivity index (χ0) is 20.0. The zero-order valence-electron chi connectivity index (χ0n) is 15.8. The fourth-order valence-corrected chi connectivity index (χ4v) is 4.49. The molecule has 1 aromatic carbocycles. The Kier molecular flexibility index (Phi) is 6.64. The first kappa shape index (κ1) is 20.3. The van der Waals surface area contributed by atoms with Crippen molar-refractivity contribution in [3.05, 3.63) is 48.8 Å². The van der Waals surface area contributed by atoms with E-state index in [9.17, 15) is 13.2 Å². The molecular weight excluding hydrogens is 378 g/mol. The molecule has 0 atom stereocenters. The second-order valence-corrected chi connectivity index (χ2v) is 8.74. The van der Waals surface area contributed by atoms with Crippen LogP contribution in [0.3, 0.4) is 0 Å². The monoisotopic (exact) mass is 403 g/mol. The number of ether oxygens (including phenoxy) is 1. The Morgan fingerprint density at radius 1 is 1.07 bits per heavy atom. The van der Waals surface area contributed by atoms with Gasteiger partial charge >= 0.3 is 0 Å². The van der Waals surface area contributed by atoms with Crippen LogP contribution >= 0.6 is 0 Å². The number of carbonyl (C=O) groups excluding carboxylic acids is 1. The number of aromatic nitrogens is 1. The van der Waals surface area contributed by atoms with Crippen LogP contribution in [-0.2, 0) is 14.8 Å². The first-order valence-corrected chi connectivity index (χ1v) is 10.8. The van der Waals surface area contributed by atoms with Gasteiger partial charge in [-0.05, 0) is 68.0 Å². The highest BCUT2D eigenvalue weighted by Crippen LogP contribution is 2.29. The first-order chi connectivity index (χ1) is 13.5. The number of anilines is 1. The fraction of sp³-hybridized carbons (Fsp3) is 0.400. The van der Waals surface area contributed by atoms with Crippen molar-refractivity contribution in [2.75, 3.05) is 19.0 Å². The maximum atomic E-state index is 12.4. The van der Waals surface area contributed by atoms with Gasteiger partial charge in [0.05, 0.1) is 12.0 Å². The van der Waals surface area contributed by atoms with E-state index in [0.29, 0.717) is 12.3 Å². The van der Waals surface area contributed by atoms with Crippen molar-refractivity contribution in [1.82, 2.24) is 9.71 Å². The number of sulfonamides is 1. The Bertz CT molecular complexity index is 877. The zero-order valence-corrected chi connectivity index (χ0v) is 16.6. The van der Waals surface area contributed by atoms with Gasteiger partial charge in [-0.2, -0.15) is 0 Å². The van der Waals surface area contributed by atoms with Gasteiger partial charge in [0.1, 0.15) is 5.75 Å². The molecule has 0 radical (unpaired) electrons. The Morgan fingerprint density at radius 3 is 2.32 bits per heavy atom. The van der Waals surface area contributed by atoms with Gasteiger partial charge in [-0.3, -0.25) is 9.78 Å². The Hall–Kier alpha value is -2.45. The second-order valence-electron chi connectivity index (χ2n) is 6.97. The molecule has 1 heterocycles. The number of nitrogens with zero attached hydrogens (tertiary/aromatic N) is 1. The summed E-state index contributed by atoms with van der Waals surface area (Å²) in [7, 11) is -2.01. The normalized spacial score (nSPS) is 19.8. The van der Waals surface area contributed by atoms with Crippen LogP contribution in [0.1, 0.15) is 25.7 Å². The second kappa shape index (κ2) is 9.16. The van der Waals surface area contributed by atoms with Crippen LogP contribution in [0, 0.1) is 11.8 Å². The third-order valence-electron chi connectivity index (χ3n) is 5.10. The number of rotatable bonds is 7. The number of amides is 1. The minimum absolute atomic E-state index is 0.0171. The van der Waals surface area contributed by atoms with Crippen LogP contribution < -0.4 is 14.8 Å². The SMILES string of the molecule is COc1ccc(S(=O)(=O)NCC2CCC(C(=O)Nc3ccncc3)CC2)cc1. The van der Waals surface area contributed by atoms with E-state index < -0.39 is 10.0 Å². The van der Waals surface area contributed by atoms with E-state index >= 15 is 0 Å². The van der Waals surface area contributed by atoms with Crippen molar-refractivity contribution in [1.29, 1.82) is 0 Å². The quantitative estimate of drug-likeness (QED) is 0.741. The predicted molar refractivity (Wildman–Crippen MR) is 106 cm³/mol. The van der Waals surface area contributed by atoms with E-state index in [1.165, 1.54) is 19.2 Å². The molecule has 0 aliphatic heterocycles. The molecule has 0 unspecified atom stereocenters. The third-order valence-corrected chi connectivity index (χ3v) is 6.54. The van der Waals surface area contributed by atoms with Gasteiger partial charge in [-0.15, -0.1) is 0 Å². The highest BCUT2D eigenvalue weighted by atomic mass is 32.2. The van der Waals surface area contributed by atoms with Crippen molar-refractivity contribution in [3.63, 3.8) is 0 Å². The van der Waals surface area contributed by atoms with Gasteiger partial charge in [0.15, 0.2) is 0 Å². The fourth-order valence-electron chi connectivity index (χ4n) is 3.37. The van der Waals surface area contributed by atoms with Crippen LogP contribution in [0.5, 0.6) is 5.75 Å². The third kappa shape index (κ3) is 5.30. The lowest BCUT2D eigenvalue weighted by Gasteiger charge is -2.27. The lowest BCUT2D eigenvalue weighted by atomic mass is 9.81. The molecule has 8 heteroatoms. The Labute approximate surface area is 165 Å². The summed E-state index contributed by atoms with van der Waals surface area (Å²) in [6, 6.07) is 9.83. The summed E-state index contributed by atoms with van der Waals surface area (Å²) in [5.74, 6) is 0.825. The molecule has 28 heavy (non-hydrogen) atoms. The lowest BCUT2D eigenvalue weighted by molar-refractivity contribution is -0.121. The molecule has 2 N–H and O–H groups in total. The molecule has 1 aliphatic carbocycles. The van der Waals surface area contributed by atoms with Crippen molar-refractivity contribution in [2.45, 2.75) is 30.6 Å². The van der Waals surface area contributed by atoms with Crippen molar-refractivity contribution >= 4 is 21.6 Å². The number of hydrogen-bond donors (Lipinski definition) is 2. The molecule has 1 aromatic heterocycles. The van der Waals surface area contributed by atoms with E-state index in [-0.39, 0.29) is 22.6 Å². The van der Waals surface area contributed by atoms with Crippen LogP contribution in [0.25, 0.3) is 0 Å². The molecule has 150 valence electrons. The molecule has 0 spiro atoms. The van der Waals surface area contributed by atoms with Crippen LogP contribution in [0.4, 0.5) is 5.69 Å². The minimum atomic E-state index is -3.55. The van der Waals surface area contributed by atoms with Crippen LogP contribution in [-0.4, -0.2) is 33.0 Å². The number of pyridine rings is 1. The van der Waals surface area contributed by atoms with Gasteiger partial charge in [0, 0.05) is 30.5 Å². The average molecular weight is 404 g/mol. The molecule has 0 saturated heterocycles. The van der Waals surface area contributed by atoms with Crippen molar-refractivity contribution in [3.8, 4) is 5.75 Å². The lowest BCUT2D eigenvalue weighted by Crippen LogP contribution is -2.33. The topological polar surface area (TPSA) is 97.4 Å². The van der Waals surface area contributed by atoms with Crippen LogP contribution in [0.15, 0.2) is 53.7 Å². The number of benzene rings is 1.